The average Bonchev–Trinajstić information content (AvgIpc) is 2.19. The van der Waals surface area contributed by atoms with E-state index in [1.807, 2.05) is 0 Å². The molecule has 0 fully saturated rings. The molecule has 70 valence electrons. The molecule has 4 heteroatoms. The summed E-state index contributed by atoms with van der Waals surface area (Å²) in [7, 11) is 1.55. The summed E-state index contributed by atoms with van der Waals surface area (Å²) in [6.45, 7) is 0.677. The SMILES string of the molecule is COCCOC(=O)c1cccnc1. The van der Waals surface area contributed by atoms with Crippen molar-refractivity contribution in [2.24, 2.45) is 0 Å². The Morgan fingerprint density at radius 3 is 3.00 bits per heavy atom. The molecule has 1 aromatic rings. The Bertz CT molecular complexity index is 261. The molecule has 0 spiro atoms. The number of hydrogen-bond acceptors (Lipinski definition) is 4. The molecule has 1 rings (SSSR count). The lowest BCUT2D eigenvalue weighted by Gasteiger charge is -2.02. The van der Waals surface area contributed by atoms with E-state index in [1.165, 1.54) is 6.20 Å². The van der Waals surface area contributed by atoms with Gasteiger partial charge in [0.15, 0.2) is 0 Å². The molecule has 0 aliphatic carbocycles. The first-order valence-corrected chi connectivity index (χ1v) is 3.90. The quantitative estimate of drug-likeness (QED) is 0.511. The van der Waals surface area contributed by atoms with Crippen molar-refractivity contribution in [2.45, 2.75) is 0 Å². The minimum Gasteiger partial charge on any atom is -0.460 e. The number of pyridine rings is 1. The van der Waals surface area contributed by atoms with Gasteiger partial charge < -0.3 is 9.47 Å². The van der Waals surface area contributed by atoms with E-state index in [4.69, 9.17) is 9.47 Å². The van der Waals surface area contributed by atoms with E-state index in [2.05, 4.69) is 4.98 Å². The maximum absolute atomic E-state index is 11.2. The highest BCUT2D eigenvalue weighted by Gasteiger charge is 2.04. The van der Waals surface area contributed by atoms with Gasteiger partial charge in [0.1, 0.15) is 6.61 Å². The van der Waals surface area contributed by atoms with Gasteiger partial charge >= 0.3 is 5.97 Å². The van der Waals surface area contributed by atoms with Gasteiger partial charge in [0.25, 0.3) is 0 Å². The molecule has 0 N–H and O–H groups in total. The molecule has 13 heavy (non-hydrogen) atoms. The molecule has 0 amide bonds. The molecule has 0 bridgehead atoms. The molecule has 0 aliphatic heterocycles. The van der Waals surface area contributed by atoms with Crippen LogP contribution < -0.4 is 0 Å². The number of methoxy groups -OCH3 is 1. The van der Waals surface area contributed by atoms with E-state index >= 15 is 0 Å². The summed E-state index contributed by atoms with van der Waals surface area (Å²) < 4.78 is 9.60. The number of carbonyl (C=O) groups excluding carboxylic acids is 1. The minimum absolute atomic E-state index is 0.268. The topological polar surface area (TPSA) is 48.4 Å². The van der Waals surface area contributed by atoms with Crippen molar-refractivity contribution in [2.75, 3.05) is 20.3 Å². The summed E-state index contributed by atoms with van der Waals surface area (Å²) >= 11 is 0. The number of hydrogen-bond donors (Lipinski definition) is 0. The Kier molecular flexibility index (Phi) is 3.92. The molecule has 0 aromatic carbocycles. The third-order valence-electron chi connectivity index (χ3n) is 1.42. The van der Waals surface area contributed by atoms with E-state index in [0.717, 1.165) is 0 Å². The second kappa shape index (κ2) is 5.27. The zero-order valence-electron chi connectivity index (χ0n) is 7.40. The fourth-order valence-electron chi connectivity index (χ4n) is 0.785. The second-order valence-corrected chi connectivity index (χ2v) is 2.37. The lowest BCUT2D eigenvalue weighted by atomic mass is 10.3. The first-order chi connectivity index (χ1) is 6.34. The average molecular weight is 181 g/mol. The van der Waals surface area contributed by atoms with Crippen molar-refractivity contribution in [3.05, 3.63) is 30.1 Å². The van der Waals surface area contributed by atoms with Crippen LogP contribution in [0.2, 0.25) is 0 Å². The van der Waals surface area contributed by atoms with Crippen molar-refractivity contribution in [1.29, 1.82) is 0 Å². The van der Waals surface area contributed by atoms with E-state index in [-0.39, 0.29) is 12.6 Å². The highest BCUT2D eigenvalue weighted by molar-refractivity contribution is 5.88. The van der Waals surface area contributed by atoms with Gasteiger partial charge in [-0.25, -0.2) is 4.79 Å². The Morgan fingerprint density at radius 2 is 2.38 bits per heavy atom. The van der Waals surface area contributed by atoms with Crippen molar-refractivity contribution in [3.8, 4) is 0 Å². The first-order valence-electron chi connectivity index (χ1n) is 3.90. The number of rotatable bonds is 4. The van der Waals surface area contributed by atoms with Crippen molar-refractivity contribution in [3.63, 3.8) is 0 Å². The summed E-state index contributed by atoms with van der Waals surface area (Å²) in [5.74, 6) is -0.370. The molecule has 4 nitrogen and oxygen atoms in total. The standard InChI is InChI=1S/C9H11NO3/c1-12-5-6-13-9(11)8-3-2-4-10-7-8/h2-4,7H,5-6H2,1H3. The Morgan fingerprint density at radius 1 is 1.54 bits per heavy atom. The van der Waals surface area contributed by atoms with Gasteiger partial charge in [0, 0.05) is 19.5 Å². The third kappa shape index (κ3) is 3.21. The van der Waals surface area contributed by atoms with Crippen molar-refractivity contribution >= 4 is 5.97 Å². The van der Waals surface area contributed by atoms with Gasteiger partial charge in [0.05, 0.1) is 12.2 Å². The monoisotopic (exact) mass is 181 g/mol. The second-order valence-electron chi connectivity index (χ2n) is 2.37. The van der Waals surface area contributed by atoms with Gasteiger partial charge in [-0.15, -0.1) is 0 Å². The molecule has 0 aliphatic rings. The minimum atomic E-state index is -0.370. The zero-order chi connectivity index (χ0) is 9.52. The summed E-state index contributed by atoms with van der Waals surface area (Å²) in [6.07, 6.45) is 3.07. The first kappa shape index (κ1) is 9.67. The van der Waals surface area contributed by atoms with Gasteiger partial charge in [-0.2, -0.15) is 0 Å². The zero-order valence-corrected chi connectivity index (χ0v) is 7.40. The normalized spacial score (nSPS) is 9.62. The molecular formula is C9H11NO3. The fraction of sp³-hybridized carbons (Fsp3) is 0.333. The summed E-state index contributed by atoms with van der Waals surface area (Å²) in [6, 6.07) is 3.34. The van der Waals surface area contributed by atoms with Crippen LogP contribution in [0.5, 0.6) is 0 Å². The highest BCUT2D eigenvalue weighted by atomic mass is 16.6. The van der Waals surface area contributed by atoms with E-state index in [0.29, 0.717) is 12.2 Å². The maximum Gasteiger partial charge on any atom is 0.339 e. The molecule has 0 atom stereocenters. The van der Waals surface area contributed by atoms with E-state index in [9.17, 15) is 4.79 Å². The Hall–Kier alpha value is -1.42. The fourth-order valence-corrected chi connectivity index (χ4v) is 0.785. The van der Waals surface area contributed by atoms with Crippen LogP contribution in [0.1, 0.15) is 10.4 Å². The smallest absolute Gasteiger partial charge is 0.339 e. The highest BCUT2D eigenvalue weighted by Crippen LogP contribution is 1.98. The molecule has 0 unspecified atom stereocenters. The predicted octanol–water partition coefficient (Wildman–Crippen LogP) is 0.885. The van der Waals surface area contributed by atoms with Crippen LogP contribution in [0.15, 0.2) is 24.5 Å². The maximum atomic E-state index is 11.2. The third-order valence-corrected chi connectivity index (χ3v) is 1.42. The number of ether oxygens (including phenoxy) is 2. The predicted molar refractivity (Wildman–Crippen MR) is 46.4 cm³/mol. The summed E-state index contributed by atoms with van der Waals surface area (Å²) in [4.78, 5) is 15.0. The van der Waals surface area contributed by atoms with Crippen LogP contribution >= 0.6 is 0 Å². The van der Waals surface area contributed by atoms with Gasteiger partial charge in [-0.1, -0.05) is 0 Å². The van der Waals surface area contributed by atoms with Crippen LogP contribution in [-0.2, 0) is 9.47 Å². The Labute approximate surface area is 76.5 Å². The molecule has 1 heterocycles. The molecule has 0 saturated heterocycles. The number of aromatic nitrogens is 1. The molecule has 0 radical (unpaired) electrons. The summed E-state index contributed by atoms with van der Waals surface area (Å²) in [5.41, 5.74) is 0.457. The van der Waals surface area contributed by atoms with Crippen LogP contribution in [0.25, 0.3) is 0 Å². The van der Waals surface area contributed by atoms with Crippen molar-refractivity contribution in [1.82, 2.24) is 4.98 Å². The number of nitrogens with zero attached hydrogens (tertiary/aromatic N) is 1. The van der Waals surface area contributed by atoms with Gasteiger partial charge in [-0.05, 0) is 12.1 Å². The molecular weight excluding hydrogens is 170 g/mol. The van der Waals surface area contributed by atoms with E-state index < -0.39 is 0 Å². The van der Waals surface area contributed by atoms with Crippen molar-refractivity contribution < 1.29 is 14.3 Å². The molecule has 1 aromatic heterocycles. The van der Waals surface area contributed by atoms with E-state index in [1.54, 1.807) is 25.4 Å². The van der Waals surface area contributed by atoms with Crippen LogP contribution in [0.3, 0.4) is 0 Å². The number of carbonyl (C=O) groups is 1. The lowest BCUT2D eigenvalue weighted by molar-refractivity contribution is 0.0387. The van der Waals surface area contributed by atoms with Gasteiger partial charge in [-0.3, -0.25) is 4.98 Å². The van der Waals surface area contributed by atoms with Crippen LogP contribution in [0, 0.1) is 0 Å². The number of esters is 1. The molecule has 0 saturated carbocycles. The largest absolute Gasteiger partial charge is 0.460 e. The van der Waals surface area contributed by atoms with Crippen LogP contribution in [-0.4, -0.2) is 31.3 Å². The van der Waals surface area contributed by atoms with Crippen LogP contribution in [0.4, 0.5) is 0 Å². The summed E-state index contributed by atoms with van der Waals surface area (Å²) in [5, 5.41) is 0. The Balaban J connectivity index is 2.40. The van der Waals surface area contributed by atoms with Gasteiger partial charge in [0.2, 0.25) is 0 Å². The lowest BCUT2D eigenvalue weighted by Crippen LogP contribution is -2.09.